The van der Waals surface area contributed by atoms with E-state index in [0.29, 0.717) is 36.9 Å². The van der Waals surface area contributed by atoms with Crippen LogP contribution >= 0.6 is 34.2 Å². The Labute approximate surface area is 113 Å². The third-order valence-corrected chi connectivity index (χ3v) is 3.69. The van der Waals surface area contributed by atoms with Crippen molar-refractivity contribution in [3.63, 3.8) is 0 Å². The van der Waals surface area contributed by atoms with Gasteiger partial charge < -0.3 is 9.64 Å². The Bertz CT molecular complexity index is 385. The number of hydrogen-bond donors (Lipinski definition) is 0. The molecule has 1 aliphatic heterocycles. The van der Waals surface area contributed by atoms with Crippen molar-refractivity contribution in [3.05, 3.63) is 32.4 Å². The summed E-state index contributed by atoms with van der Waals surface area (Å²) in [5, 5.41) is 0.517. The van der Waals surface area contributed by atoms with Gasteiger partial charge in [-0.2, -0.15) is 0 Å². The summed E-state index contributed by atoms with van der Waals surface area (Å²) in [6.07, 6.45) is 0. The summed E-state index contributed by atoms with van der Waals surface area (Å²) in [4.78, 5) is 14.0. The topological polar surface area (TPSA) is 29.5 Å². The van der Waals surface area contributed by atoms with Gasteiger partial charge in [-0.25, -0.2) is 0 Å². The van der Waals surface area contributed by atoms with Crippen LogP contribution in [0.15, 0.2) is 18.2 Å². The minimum atomic E-state index is -0.00157. The van der Waals surface area contributed by atoms with E-state index >= 15 is 0 Å². The standard InChI is InChI=1S/C11H11ClINO2/c12-8-2-1-3-9(13)10(8)11(15)14-4-6-16-7-5-14/h1-3H,4-7H2. The van der Waals surface area contributed by atoms with Crippen LogP contribution in [0.25, 0.3) is 0 Å². The molecular formula is C11H11ClINO2. The molecule has 0 spiro atoms. The van der Waals surface area contributed by atoms with Crippen LogP contribution < -0.4 is 0 Å². The summed E-state index contributed by atoms with van der Waals surface area (Å²) >= 11 is 8.19. The van der Waals surface area contributed by atoms with Gasteiger partial charge in [0, 0.05) is 16.7 Å². The first kappa shape index (κ1) is 12.1. The SMILES string of the molecule is O=C(c1c(Cl)cccc1I)N1CCOCC1. The first-order valence-corrected chi connectivity index (χ1v) is 6.47. The molecule has 0 radical (unpaired) electrons. The molecule has 0 atom stereocenters. The number of carbonyl (C=O) groups is 1. The van der Waals surface area contributed by atoms with E-state index in [1.165, 1.54) is 0 Å². The van der Waals surface area contributed by atoms with Crippen molar-refractivity contribution in [3.8, 4) is 0 Å². The number of benzene rings is 1. The number of nitrogens with zero attached hydrogens (tertiary/aromatic N) is 1. The predicted octanol–water partition coefficient (Wildman–Crippen LogP) is 2.42. The number of halogens is 2. The largest absolute Gasteiger partial charge is 0.378 e. The van der Waals surface area contributed by atoms with Crippen LogP contribution in [-0.4, -0.2) is 37.1 Å². The summed E-state index contributed by atoms with van der Waals surface area (Å²) < 4.78 is 6.11. The van der Waals surface area contributed by atoms with E-state index in [1.807, 2.05) is 12.1 Å². The quantitative estimate of drug-likeness (QED) is 0.727. The number of ether oxygens (including phenoxy) is 1. The summed E-state index contributed by atoms with van der Waals surface area (Å²) in [6, 6.07) is 5.48. The molecule has 1 heterocycles. The van der Waals surface area contributed by atoms with Gasteiger partial charge in [0.25, 0.3) is 5.91 Å². The van der Waals surface area contributed by atoms with E-state index in [-0.39, 0.29) is 5.91 Å². The smallest absolute Gasteiger partial charge is 0.256 e. The predicted molar refractivity (Wildman–Crippen MR) is 70.9 cm³/mol. The fourth-order valence-electron chi connectivity index (χ4n) is 1.63. The molecule has 0 N–H and O–H groups in total. The Hall–Kier alpha value is -0.330. The molecule has 1 aromatic rings. The average Bonchev–Trinajstić information content (AvgIpc) is 2.30. The van der Waals surface area contributed by atoms with Gasteiger partial charge in [0.05, 0.1) is 23.8 Å². The molecule has 1 amide bonds. The lowest BCUT2D eigenvalue weighted by atomic mass is 10.2. The van der Waals surface area contributed by atoms with Gasteiger partial charge in [0.15, 0.2) is 0 Å². The van der Waals surface area contributed by atoms with E-state index in [4.69, 9.17) is 16.3 Å². The molecule has 1 fully saturated rings. The van der Waals surface area contributed by atoms with E-state index in [0.717, 1.165) is 3.57 Å². The Morgan fingerprint density at radius 2 is 2.06 bits per heavy atom. The highest BCUT2D eigenvalue weighted by atomic mass is 127. The van der Waals surface area contributed by atoms with Crippen molar-refractivity contribution >= 4 is 40.1 Å². The lowest BCUT2D eigenvalue weighted by molar-refractivity contribution is 0.0302. The molecule has 16 heavy (non-hydrogen) atoms. The molecule has 5 heteroatoms. The zero-order valence-corrected chi connectivity index (χ0v) is 11.5. The van der Waals surface area contributed by atoms with Crippen molar-refractivity contribution < 1.29 is 9.53 Å². The summed E-state index contributed by atoms with van der Waals surface area (Å²) in [5.41, 5.74) is 0.603. The molecule has 0 saturated carbocycles. The van der Waals surface area contributed by atoms with Crippen LogP contribution in [0.3, 0.4) is 0 Å². The number of carbonyl (C=O) groups excluding carboxylic acids is 1. The minimum absolute atomic E-state index is 0.00157. The number of morpholine rings is 1. The molecule has 86 valence electrons. The number of rotatable bonds is 1. The maximum Gasteiger partial charge on any atom is 0.256 e. The lowest BCUT2D eigenvalue weighted by Gasteiger charge is -2.27. The minimum Gasteiger partial charge on any atom is -0.378 e. The molecule has 1 aromatic carbocycles. The van der Waals surface area contributed by atoms with Gasteiger partial charge in [-0.15, -0.1) is 0 Å². The molecule has 2 rings (SSSR count). The van der Waals surface area contributed by atoms with Gasteiger partial charge in [-0.3, -0.25) is 4.79 Å². The molecule has 0 unspecified atom stereocenters. The van der Waals surface area contributed by atoms with Gasteiger partial charge in [-0.05, 0) is 34.7 Å². The molecule has 0 aliphatic carbocycles. The normalized spacial score (nSPS) is 16.2. The van der Waals surface area contributed by atoms with Crippen LogP contribution in [0.1, 0.15) is 10.4 Å². The first-order chi connectivity index (χ1) is 7.70. The van der Waals surface area contributed by atoms with Gasteiger partial charge in [0.2, 0.25) is 0 Å². The molecular weight excluding hydrogens is 340 g/mol. The molecule has 3 nitrogen and oxygen atoms in total. The lowest BCUT2D eigenvalue weighted by Crippen LogP contribution is -2.41. The zero-order valence-electron chi connectivity index (χ0n) is 8.58. The number of amides is 1. The van der Waals surface area contributed by atoms with Gasteiger partial charge >= 0.3 is 0 Å². The fourth-order valence-corrected chi connectivity index (χ4v) is 2.77. The second-order valence-electron chi connectivity index (χ2n) is 3.50. The Morgan fingerprint density at radius 3 is 2.69 bits per heavy atom. The van der Waals surface area contributed by atoms with Crippen LogP contribution in [0, 0.1) is 3.57 Å². The Balaban J connectivity index is 2.26. The average molecular weight is 352 g/mol. The van der Waals surface area contributed by atoms with E-state index in [2.05, 4.69) is 22.6 Å². The third-order valence-electron chi connectivity index (χ3n) is 2.47. The monoisotopic (exact) mass is 351 g/mol. The third kappa shape index (κ3) is 2.49. The van der Waals surface area contributed by atoms with E-state index in [9.17, 15) is 4.79 Å². The van der Waals surface area contributed by atoms with E-state index in [1.54, 1.807) is 11.0 Å². The Kier molecular flexibility index (Phi) is 4.05. The second kappa shape index (κ2) is 5.33. The van der Waals surface area contributed by atoms with Crippen LogP contribution in [0.5, 0.6) is 0 Å². The van der Waals surface area contributed by atoms with Crippen molar-refractivity contribution in [1.82, 2.24) is 4.90 Å². The van der Waals surface area contributed by atoms with Crippen molar-refractivity contribution in [2.75, 3.05) is 26.3 Å². The van der Waals surface area contributed by atoms with Crippen molar-refractivity contribution in [1.29, 1.82) is 0 Å². The van der Waals surface area contributed by atoms with E-state index < -0.39 is 0 Å². The zero-order chi connectivity index (χ0) is 11.5. The maximum atomic E-state index is 12.2. The highest BCUT2D eigenvalue weighted by Gasteiger charge is 2.22. The fraction of sp³-hybridized carbons (Fsp3) is 0.364. The molecule has 0 aromatic heterocycles. The maximum absolute atomic E-state index is 12.2. The highest BCUT2D eigenvalue weighted by molar-refractivity contribution is 14.1. The van der Waals surface area contributed by atoms with Crippen molar-refractivity contribution in [2.45, 2.75) is 0 Å². The molecule has 1 aliphatic rings. The highest BCUT2D eigenvalue weighted by Crippen LogP contribution is 2.23. The first-order valence-electron chi connectivity index (χ1n) is 5.01. The van der Waals surface area contributed by atoms with Gasteiger partial charge in [-0.1, -0.05) is 17.7 Å². The van der Waals surface area contributed by atoms with Crippen LogP contribution in [0.2, 0.25) is 5.02 Å². The van der Waals surface area contributed by atoms with Gasteiger partial charge in [0.1, 0.15) is 0 Å². The van der Waals surface area contributed by atoms with Crippen LogP contribution in [0.4, 0.5) is 0 Å². The van der Waals surface area contributed by atoms with Crippen molar-refractivity contribution in [2.24, 2.45) is 0 Å². The summed E-state index contributed by atoms with van der Waals surface area (Å²) in [7, 11) is 0. The summed E-state index contributed by atoms with van der Waals surface area (Å²) in [6.45, 7) is 2.49. The number of hydrogen-bond acceptors (Lipinski definition) is 2. The molecule has 1 saturated heterocycles. The Morgan fingerprint density at radius 1 is 1.38 bits per heavy atom. The second-order valence-corrected chi connectivity index (χ2v) is 5.07. The summed E-state index contributed by atoms with van der Waals surface area (Å²) in [5.74, 6) is -0.00157. The van der Waals surface area contributed by atoms with Crippen LogP contribution in [-0.2, 0) is 4.74 Å². The molecule has 0 bridgehead atoms.